The van der Waals surface area contributed by atoms with E-state index >= 15 is 0 Å². The van der Waals surface area contributed by atoms with Gasteiger partial charge in [0.1, 0.15) is 11.4 Å². The van der Waals surface area contributed by atoms with E-state index in [9.17, 15) is 9.59 Å². The lowest BCUT2D eigenvalue weighted by Gasteiger charge is -2.30. The Morgan fingerprint density at radius 2 is 1.89 bits per heavy atom. The van der Waals surface area contributed by atoms with E-state index in [2.05, 4.69) is 4.99 Å². The molecular weight excluding hydrogens is 228 g/mol. The van der Waals surface area contributed by atoms with Crippen molar-refractivity contribution in [2.75, 3.05) is 0 Å². The van der Waals surface area contributed by atoms with Crippen LogP contribution in [0.25, 0.3) is 0 Å². The second kappa shape index (κ2) is 3.51. The lowest BCUT2D eigenvalue weighted by molar-refractivity contribution is -0.124. The van der Waals surface area contributed by atoms with Crippen molar-refractivity contribution in [1.82, 2.24) is 4.90 Å². The van der Waals surface area contributed by atoms with Crippen LogP contribution in [0, 0.1) is 0 Å². The van der Waals surface area contributed by atoms with Crippen LogP contribution in [-0.2, 0) is 4.79 Å². The molecule has 0 saturated heterocycles. The molecule has 0 fully saturated rings. The lowest BCUT2D eigenvalue weighted by atomic mass is 9.94. The first-order chi connectivity index (χ1) is 8.59. The Kier molecular flexibility index (Phi) is 2.17. The molecule has 2 amide bonds. The Morgan fingerprint density at radius 1 is 1.22 bits per heavy atom. The Balaban J connectivity index is 2.16. The number of nitrogens with zero attached hydrogens (tertiary/aromatic N) is 2. The number of fused-ring (bicyclic) bond motifs is 3. The second-order valence-electron chi connectivity index (χ2n) is 4.95. The van der Waals surface area contributed by atoms with Crippen LogP contribution in [-0.4, -0.2) is 28.1 Å². The first-order valence-electron chi connectivity index (χ1n) is 6.16. The molecule has 92 valence electrons. The van der Waals surface area contributed by atoms with E-state index < -0.39 is 5.54 Å². The first-order valence-corrected chi connectivity index (χ1v) is 6.16. The molecule has 0 aromatic heterocycles. The van der Waals surface area contributed by atoms with Crippen LogP contribution in [0.4, 0.5) is 0 Å². The fourth-order valence-electron chi connectivity index (χ4n) is 2.79. The third kappa shape index (κ3) is 1.17. The molecule has 0 spiro atoms. The number of benzene rings is 1. The van der Waals surface area contributed by atoms with Crippen molar-refractivity contribution in [2.45, 2.75) is 32.2 Å². The van der Waals surface area contributed by atoms with Crippen molar-refractivity contribution >= 4 is 17.6 Å². The van der Waals surface area contributed by atoms with Crippen LogP contribution in [0.5, 0.6) is 0 Å². The predicted molar refractivity (Wildman–Crippen MR) is 67.5 cm³/mol. The largest absolute Gasteiger partial charge is 0.277 e. The number of amidine groups is 1. The van der Waals surface area contributed by atoms with Gasteiger partial charge < -0.3 is 0 Å². The Morgan fingerprint density at radius 3 is 2.56 bits per heavy atom. The Labute approximate surface area is 105 Å². The van der Waals surface area contributed by atoms with Crippen molar-refractivity contribution < 1.29 is 9.59 Å². The fourth-order valence-corrected chi connectivity index (χ4v) is 2.79. The van der Waals surface area contributed by atoms with Crippen LogP contribution in [0.15, 0.2) is 29.3 Å². The summed E-state index contributed by atoms with van der Waals surface area (Å²) in [6.45, 7) is 3.81. The zero-order valence-corrected chi connectivity index (χ0v) is 10.4. The number of rotatable bonds is 2. The van der Waals surface area contributed by atoms with Crippen LogP contribution in [0.3, 0.4) is 0 Å². The highest BCUT2D eigenvalue weighted by atomic mass is 16.2. The van der Waals surface area contributed by atoms with Crippen molar-refractivity contribution in [3.8, 4) is 0 Å². The molecule has 0 bridgehead atoms. The topological polar surface area (TPSA) is 49.7 Å². The zero-order valence-electron chi connectivity index (χ0n) is 10.4. The highest BCUT2D eigenvalue weighted by Gasteiger charge is 2.53. The minimum Gasteiger partial charge on any atom is -0.277 e. The maximum Gasteiger partial charge on any atom is 0.273 e. The van der Waals surface area contributed by atoms with Crippen molar-refractivity contribution in [1.29, 1.82) is 0 Å². The number of carbonyl (C=O) groups is 2. The summed E-state index contributed by atoms with van der Waals surface area (Å²) < 4.78 is 0. The van der Waals surface area contributed by atoms with Crippen LogP contribution >= 0.6 is 0 Å². The summed E-state index contributed by atoms with van der Waals surface area (Å²) in [6, 6.07) is 7.32. The monoisotopic (exact) mass is 242 g/mol. The van der Waals surface area contributed by atoms with Gasteiger partial charge in [-0.25, -0.2) is 0 Å². The lowest BCUT2D eigenvalue weighted by Crippen LogP contribution is -2.49. The van der Waals surface area contributed by atoms with Crippen LogP contribution < -0.4 is 0 Å². The molecule has 4 nitrogen and oxygen atoms in total. The summed E-state index contributed by atoms with van der Waals surface area (Å²) >= 11 is 0. The summed E-state index contributed by atoms with van der Waals surface area (Å²) in [7, 11) is 0. The molecule has 0 saturated carbocycles. The van der Waals surface area contributed by atoms with E-state index in [4.69, 9.17) is 0 Å². The number of carbonyl (C=O) groups excluding carboxylic acids is 2. The molecule has 4 heteroatoms. The number of hydrogen-bond acceptors (Lipinski definition) is 2. The standard InChI is InChI=1S/C14H14N2O2/c1-3-8-14(2)13(18)15-11-9-6-4-5-7-10(9)12(17)16(11)14/h4-7H,3,8H2,1-2H3. The average Bonchev–Trinajstić information content (AvgIpc) is 2.77. The SMILES string of the molecule is CCCC1(C)C(=O)N=C2c3ccccc3C(=O)N21. The highest BCUT2D eigenvalue weighted by molar-refractivity contribution is 6.30. The predicted octanol–water partition coefficient (Wildman–Crippen LogP) is 1.99. The molecule has 2 aliphatic rings. The molecule has 1 aromatic rings. The maximum atomic E-state index is 12.4. The molecule has 2 aliphatic heterocycles. The minimum absolute atomic E-state index is 0.105. The number of aliphatic imine (C=N–C) groups is 1. The molecule has 0 N–H and O–H groups in total. The van der Waals surface area contributed by atoms with E-state index in [1.54, 1.807) is 17.9 Å². The van der Waals surface area contributed by atoms with Gasteiger partial charge in [-0.1, -0.05) is 31.5 Å². The first kappa shape index (κ1) is 11.1. The average molecular weight is 242 g/mol. The van der Waals surface area contributed by atoms with E-state index in [-0.39, 0.29) is 11.8 Å². The number of hydrogen-bond donors (Lipinski definition) is 0. The van der Waals surface area contributed by atoms with Crippen molar-refractivity contribution in [2.24, 2.45) is 4.99 Å². The van der Waals surface area contributed by atoms with E-state index in [1.165, 1.54) is 0 Å². The highest BCUT2D eigenvalue weighted by Crippen LogP contribution is 2.37. The normalized spacial score (nSPS) is 25.2. The smallest absolute Gasteiger partial charge is 0.273 e. The van der Waals surface area contributed by atoms with Crippen LogP contribution in [0.1, 0.15) is 42.6 Å². The van der Waals surface area contributed by atoms with Gasteiger partial charge in [-0.05, 0) is 19.4 Å². The summed E-state index contributed by atoms with van der Waals surface area (Å²) in [5.74, 6) is 0.213. The Bertz CT molecular complexity index is 591. The molecule has 18 heavy (non-hydrogen) atoms. The second-order valence-corrected chi connectivity index (χ2v) is 4.95. The molecule has 1 unspecified atom stereocenters. The minimum atomic E-state index is -0.805. The van der Waals surface area contributed by atoms with Gasteiger partial charge in [0.2, 0.25) is 0 Å². The van der Waals surface area contributed by atoms with Crippen LogP contribution in [0.2, 0.25) is 0 Å². The van der Waals surface area contributed by atoms with Gasteiger partial charge >= 0.3 is 0 Å². The molecule has 0 radical (unpaired) electrons. The summed E-state index contributed by atoms with van der Waals surface area (Å²) in [6.07, 6.45) is 1.48. The molecule has 3 rings (SSSR count). The summed E-state index contributed by atoms with van der Waals surface area (Å²) in [5, 5.41) is 0. The van der Waals surface area contributed by atoms with Gasteiger partial charge in [-0.3, -0.25) is 14.5 Å². The zero-order chi connectivity index (χ0) is 12.9. The fraction of sp³-hybridized carbons (Fsp3) is 0.357. The Hall–Kier alpha value is -1.97. The van der Waals surface area contributed by atoms with Gasteiger partial charge in [0.15, 0.2) is 0 Å². The third-order valence-electron chi connectivity index (χ3n) is 3.71. The van der Waals surface area contributed by atoms with E-state index in [0.29, 0.717) is 17.8 Å². The summed E-state index contributed by atoms with van der Waals surface area (Å²) in [5.41, 5.74) is 0.613. The molecule has 1 aromatic carbocycles. The van der Waals surface area contributed by atoms with E-state index in [0.717, 1.165) is 12.0 Å². The van der Waals surface area contributed by atoms with Gasteiger partial charge in [-0.2, -0.15) is 4.99 Å². The summed E-state index contributed by atoms with van der Waals surface area (Å²) in [4.78, 5) is 30.2. The number of amides is 2. The van der Waals surface area contributed by atoms with Crippen molar-refractivity contribution in [3.63, 3.8) is 0 Å². The van der Waals surface area contributed by atoms with E-state index in [1.807, 2.05) is 25.1 Å². The molecule has 2 heterocycles. The van der Waals surface area contributed by atoms with Gasteiger partial charge in [0, 0.05) is 5.56 Å². The van der Waals surface area contributed by atoms with Gasteiger partial charge in [0.25, 0.3) is 11.8 Å². The quantitative estimate of drug-likeness (QED) is 0.796. The molecule has 1 atom stereocenters. The molecular formula is C14H14N2O2. The van der Waals surface area contributed by atoms with Crippen molar-refractivity contribution in [3.05, 3.63) is 35.4 Å². The third-order valence-corrected chi connectivity index (χ3v) is 3.71. The molecule has 0 aliphatic carbocycles. The maximum absolute atomic E-state index is 12.4. The van der Waals surface area contributed by atoms with Gasteiger partial charge in [0.05, 0.1) is 5.56 Å². The van der Waals surface area contributed by atoms with Gasteiger partial charge in [-0.15, -0.1) is 0 Å².